The first-order chi connectivity index (χ1) is 10.2. The van der Waals surface area contributed by atoms with Crippen molar-refractivity contribution in [3.8, 4) is 0 Å². The van der Waals surface area contributed by atoms with Crippen LogP contribution in [0.15, 0.2) is 46.5 Å². The molecule has 0 saturated heterocycles. The highest BCUT2D eigenvalue weighted by Crippen LogP contribution is 2.31. The van der Waals surface area contributed by atoms with E-state index in [4.69, 9.17) is 0 Å². The molecule has 1 aromatic carbocycles. The molecule has 1 heterocycles. The smallest absolute Gasteiger partial charge is 0.252 e. The maximum atomic E-state index is 14.1. The van der Waals surface area contributed by atoms with E-state index >= 15 is 0 Å². The van der Waals surface area contributed by atoms with Gasteiger partial charge in [0.1, 0.15) is 6.17 Å². The Morgan fingerprint density at radius 3 is 2.32 bits per heavy atom. The molecule has 5 nitrogen and oxygen atoms in total. The number of nitrogens with zero attached hydrogens (tertiary/aromatic N) is 2. The number of hydrogen-bond donors (Lipinski definition) is 1. The Hall–Kier alpha value is -1.96. The minimum absolute atomic E-state index is 0.308. The SMILES string of the molecule is CC(C)N1C(=NS(C)(=O)=O)C(F)=C(F)NC1c1ccccc1. The summed E-state index contributed by atoms with van der Waals surface area (Å²) in [7, 11) is -3.87. The van der Waals surface area contributed by atoms with Crippen LogP contribution >= 0.6 is 0 Å². The highest BCUT2D eigenvalue weighted by molar-refractivity contribution is 7.89. The summed E-state index contributed by atoms with van der Waals surface area (Å²) < 4.78 is 54.2. The Morgan fingerprint density at radius 2 is 1.82 bits per heavy atom. The third-order valence-electron chi connectivity index (χ3n) is 3.10. The number of nitrogens with one attached hydrogen (secondary N) is 1. The first-order valence-corrected chi connectivity index (χ1v) is 8.51. The van der Waals surface area contributed by atoms with Gasteiger partial charge >= 0.3 is 0 Å². The molecule has 0 bridgehead atoms. The molecule has 120 valence electrons. The predicted octanol–water partition coefficient (Wildman–Crippen LogP) is 2.47. The van der Waals surface area contributed by atoms with Crippen molar-refractivity contribution in [2.24, 2.45) is 4.40 Å². The highest BCUT2D eigenvalue weighted by Gasteiger charge is 2.36. The van der Waals surface area contributed by atoms with Gasteiger partial charge in [0.2, 0.25) is 11.8 Å². The second kappa shape index (κ2) is 6.04. The van der Waals surface area contributed by atoms with Crippen molar-refractivity contribution in [3.05, 3.63) is 47.7 Å². The van der Waals surface area contributed by atoms with Crippen LogP contribution in [0.1, 0.15) is 25.6 Å². The number of halogens is 2. The lowest BCUT2D eigenvalue weighted by molar-refractivity contribution is 0.204. The van der Waals surface area contributed by atoms with Gasteiger partial charge in [0.15, 0.2) is 5.84 Å². The van der Waals surface area contributed by atoms with E-state index < -0.39 is 33.8 Å². The van der Waals surface area contributed by atoms with Crippen LogP contribution in [-0.2, 0) is 10.0 Å². The van der Waals surface area contributed by atoms with Gasteiger partial charge in [0, 0.05) is 6.04 Å². The lowest BCUT2D eigenvalue weighted by Gasteiger charge is -2.40. The number of benzene rings is 1. The topological polar surface area (TPSA) is 61.8 Å². The first-order valence-electron chi connectivity index (χ1n) is 6.66. The van der Waals surface area contributed by atoms with Gasteiger partial charge in [-0.2, -0.15) is 8.78 Å². The van der Waals surface area contributed by atoms with Crippen molar-refractivity contribution < 1.29 is 17.2 Å². The fraction of sp³-hybridized carbons (Fsp3) is 0.357. The molecule has 1 aliphatic rings. The highest BCUT2D eigenvalue weighted by atomic mass is 32.2. The summed E-state index contributed by atoms with van der Waals surface area (Å²) in [5, 5.41) is 2.42. The van der Waals surface area contributed by atoms with E-state index in [1.54, 1.807) is 44.2 Å². The normalized spacial score (nSPS) is 21.5. The molecule has 0 aliphatic carbocycles. The molecule has 2 rings (SSSR count). The molecule has 0 amide bonds. The Labute approximate surface area is 128 Å². The van der Waals surface area contributed by atoms with Crippen LogP contribution in [0.3, 0.4) is 0 Å². The molecule has 0 radical (unpaired) electrons. The first kappa shape index (κ1) is 16.4. The minimum atomic E-state index is -3.87. The van der Waals surface area contributed by atoms with Crippen molar-refractivity contribution in [2.45, 2.75) is 26.1 Å². The van der Waals surface area contributed by atoms with Crippen LogP contribution in [0.2, 0.25) is 0 Å². The van der Waals surface area contributed by atoms with Crippen molar-refractivity contribution >= 4 is 15.9 Å². The fourth-order valence-corrected chi connectivity index (χ4v) is 2.74. The van der Waals surface area contributed by atoms with Gasteiger partial charge in [-0.3, -0.25) is 0 Å². The van der Waals surface area contributed by atoms with Crippen LogP contribution in [-0.4, -0.2) is 31.5 Å². The number of amidine groups is 1. The summed E-state index contributed by atoms with van der Waals surface area (Å²) in [5.41, 5.74) is 0.667. The maximum Gasteiger partial charge on any atom is 0.252 e. The van der Waals surface area contributed by atoms with Gasteiger partial charge in [-0.15, -0.1) is 4.40 Å². The minimum Gasteiger partial charge on any atom is -0.335 e. The number of hydrogen-bond acceptors (Lipinski definition) is 3. The van der Waals surface area contributed by atoms with E-state index in [1.165, 1.54) is 4.90 Å². The van der Waals surface area contributed by atoms with Gasteiger partial charge in [-0.25, -0.2) is 8.42 Å². The molecule has 0 saturated carbocycles. The number of sulfonamides is 1. The van der Waals surface area contributed by atoms with Gasteiger partial charge in [-0.05, 0) is 19.4 Å². The lowest BCUT2D eigenvalue weighted by Crippen LogP contribution is -2.50. The second-order valence-corrected chi connectivity index (χ2v) is 6.88. The molecular weight excluding hydrogens is 312 g/mol. The average Bonchev–Trinajstić information content (AvgIpc) is 2.42. The summed E-state index contributed by atoms with van der Waals surface area (Å²) in [5.74, 6) is -3.07. The molecule has 0 aromatic heterocycles. The largest absolute Gasteiger partial charge is 0.335 e. The Balaban J connectivity index is 2.61. The maximum absolute atomic E-state index is 14.1. The van der Waals surface area contributed by atoms with E-state index in [1.807, 2.05) is 0 Å². The zero-order valence-electron chi connectivity index (χ0n) is 12.4. The molecule has 1 aromatic rings. The lowest BCUT2D eigenvalue weighted by atomic mass is 10.1. The van der Waals surface area contributed by atoms with E-state index in [9.17, 15) is 17.2 Å². The molecule has 0 fully saturated rings. The quantitative estimate of drug-likeness (QED) is 0.866. The van der Waals surface area contributed by atoms with Gasteiger partial charge in [-0.1, -0.05) is 30.3 Å². The van der Waals surface area contributed by atoms with E-state index in [0.717, 1.165) is 6.26 Å². The van der Waals surface area contributed by atoms with E-state index in [2.05, 4.69) is 9.71 Å². The molecular formula is C14H17F2N3O2S. The summed E-state index contributed by atoms with van der Waals surface area (Å²) in [6, 6.07) is 8.48. The van der Waals surface area contributed by atoms with Crippen molar-refractivity contribution in [1.29, 1.82) is 0 Å². The van der Waals surface area contributed by atoms with Gasteiger partial charge in [0.25, 0.3) is 10.0 Å². The second-order valence-electron chi connectivity index (χ2n) is 5.23. The fourth-order valence-electron chi connectivity index (χ4n) is 2.25. The molecule has 22 heavy (non-hydrogen) atoms. The van der Waals surface area contributed by atoms with Crippen molar-refractivity contribution in [2.75, 3.05) is 6.26 Å². The summed E-state index contributed by atoms with van der Waals surface area (Å²) >= 11 is 0. The van der Waals surface area contributed by atoms with Crippen molar-refractivity contribution in [3.63, 3.8) is 0 Å². The van der Waals surface area contributed by atoms with Crippen LogP contribution in [0.5, 0.6) is 0 Å². The van der Waals surface area contributed by atoms with Crippen LogP contribution < -0.4 is 5.32 Å². The standard InChI is InChI=1S/C14H17F2N3O2S/c1-9(2)19-13(10-7-5-4-6-8-10)17-12(16)11(15)14(19)18-22(3,20)21/h4-9,13,17H,1-3H3. The third kappa shape index (κ3) is 3.44. The zero-order valence-corrected chi connectivity index (χ0v) is 13.2. The summed E-state index contributed by atoms with van der Waals surface area (Å²) in [6.07, 6.45) is 0.0877. The molecule has 1 N–H and O–H groups in total. The molecule has 8 heteroatoms. The van der Waals surface area contributed by atoms with Crippen LogP contribution in [0, 0.1) is 0 Å². The molecule has 0 spiro atoms. The van der Waals surface area contributed by atoms with E-state index in [0.29, 0.717) is 5.56 Å². The van der Waals surface area contributed by atoms with Gasteiger partial charge < -0.3 is 10.2 Å². The summed E-state index contributed by atoms with van der Waals surface area (Å²) in [4.78, 5) is 1.40. The van der Waals surface area contributed by atoms with Crippen LogP contribution in [0.4, 0.5) is 8.78 Å². The van der Waals surface area contributed by atoms with E-state index in [-0.39, 0.29) is 6.04 Å². The molecule has 1 aliphatic heterocycles. The third-order valence-corrected chi connectivity index (χ3v) is 3.60. The molecule has 1 atom stereocenters. The van der Waals surface area contributed by atoms with Gasteiger partial charge in [0.05, 0.1) is 6.26 Å². The Morgan fingerprint density at radius 1 is 1.23 bits per heavy atom. The average molecular weight is 329 g/mol. The number of rotatable bonds is 3. The molecule has 1 unspecified atom stereocenters. The van der Waals surface area contributed by atoms with Crippen LogP contribution in [0.25, 0.3) is 0 Å². The zero-order chi connectivity index (χ0) is 16.5. The monoisotopic (exact) mass is 329 g/mol. The summed E-state index contributed by atoms with van der Waals surface area (Å²) in [6.45, 7) is 3.48. The Kier molecular flexibility index (Phi) is 4.50. The Bertz CT molecular complexity index is 715. The van der Waals surface area contributed by atoms with Crippen molar-refractivity contribution in [1.82, 2.24) is 10.2 Å². The predicted molar refractivity (Wildman–Crippen MR) is 80.8 cm³/mol.